The predicted octanol–water partition coefficient (Wildman–Crippen LogP) is 3.56. The first kappa shape index (κ1) is 19.2. The summed E-state index contributed by atoms with van der Waals surface area (Å²) in [6, 6.07) is 8.93. The minimum Gasteiger partial charge on any atom is -0.299 e. The van der Waals surface area contributed by atoms with Gasteiger partial charge in [-0.2, -0.15) is 0 Å². The molecule has 0 unspecified atom stereocenters. The van der Waals surface area contributed by atoms with Gasteiger partial charge in [-0.1, -0.05) is 17.7 Å². The summed E-state index contributed by atoms with van der Waals surface area (Å²) in [5.74, 6) is -0.843. The van der Waals surface area contributed by atoms with E-state index in [9.17, 15) is 17.2 Å². The zero-order valence-electron chi connectivity index (χ0n) is 14.0. The summed E-state index contributed by atoms with van der Waals surface area (Å²) in [5, 5.41) is 0.393. The Morgan fingerprint density at radius 1 is 1.04 bits per heavy atom. The summed E-state index contributed by atoms with van der Waals surface area (Å²) in [4.78, 5) is 2.21. The van der Waals surface area contributed by atoms with E-state index in [1.54, 1.807) is 6.07 Å². The molecule has 0 atom stereocenters. The molecular formula is C18H19ClF2N2O2S. The summed E-state index contributed by atoms with van der Waals surface area (Å²) >= 11 is 6.06. The quantitative estimate of drug-likeness (QED) is 0.834. The topological polar surface area (TPSA) is 49.4 Å². The molecule has 0 saturated carbocycles. The van der Waals surface area contributed by atoms with E-state index in [2.05, 4.69) is 9.62 Å². The van der Waals surface area contributed by atoms with Crippen LogP contribution in [0.15, 0.2) is 47.4 Å². The summed E-state index contributed by atoms with van der Waals surface area (Å²) in [7, 11) is -3.66. The molecule has 8 heteroatoms. The smallest absolute Gasteiger partial charge is 0.240 e. The lowest BCUT2D eigenvalue weighted by Crippen LogP contribution is -2.44. The van der Waals surface area contributed by atoms with Gasteiger partial charge >= 0.3 is 0 Å². The molecule has 4 nitrogen and oxygen atoms in total. The maximum atomic E-state index is 13.1. The van der Waals surface area contributed by atoms with Crippen LogP contribution in [0.1, 0.15) is 18.4 Å². The van der Waals surface area contributed by atoms with Crippen molar-refractivity contribution in [2.45, 2.75) is 30.3 Å². The zero-order valence-corrected chi connectivity index (χ0v) is 15.5. The fraction of sp³-hybridized carbons (Fsp3) is 0.333. The van der Waals surface area contributed by atoms with Crippen LogP contribution in [0.25, 0.3) is 0 Å². The van der Waals surface area contributed by atoms with Gasteiger partial charge in [0.25, 0.3) is 0 Å². The van der Waals surface area contributed by atoms with Crippen LogP contribution in [0.4, 0.5) is 8.78 Å². The molecule has 0 aromatic heterocycles. The molecule has 0 radical (unpaired) electrons. The third-order valence-electron chi connectivity index (χ3n) is 4.44. The van der Waals surface area contributed by atoms with Crippen molar-refractivity contribution in [2.24, 2.45) is 0 Å². The number of rotatable bonds is 5. The molecule has 2 aromatic rings. The highest BCUT2D eigenvalue weighted by molar-refractivity contribution is 7.89. The molecule has 1 fully saturated rings. The summed E-state index contributed by atoms with van der Waals surface area (Å²) in [6.45, 7) is 1.99. The second-order valence-corrected chi connectivity index (χ2v) is 8.48. The van der Waals surface area contributed by atoms with Crippen LogP contribution in [0.3, 0.4) is 0 Å². The van der Waals surface area contributed by atoms with Crippen LogP contribution in [-0.4, -0.2) is 32.4 Å². The number of nitrogens with zero attached hydrogens (tertiary/aromatic N) is 1. The van der Waals surface area contributed by atoms with E-state index in [0.29, 0.717) is 37.5 Å². The van der Waals surface area contributed by atoms with E-state index < -0.39 is 15.8 Å². The van der Waals surface area contributed by atoms with Gasteiger partial charge in [0.1, 0.15) is 11.6 Å². The number of hydrogen-bond acceptors (Lipinski definition) is 3. The first-order valence-electron chi connectivity index (χ1n) is 8.28. The van der Waals surface area contributed by atoms with Gasteiger partial charge in [-0.15, -0.1) is 0 Å². The van der Waals surface area contributed by atoms with Crippen molar-refractivity contribution < 1.29 is 17.2 Å². The third kappa shape index (κ3) is 4.79. The molecule has 0 amide bonds. The highest BCUT2D eigenvalue weighted by atomic mass is 35.5. The van der Waals surface area contributed by atoms with Gasteiger partial charge in [0.15, 0.2) is 0 Å². The Labute approximate surface area is 156 Å². The van der Waals surface area contributed by atoms with Crippen molar-refractivity contribution in [2.75, 3.05) is 13.1 Å². The molecule has 1 aliphatic heterocycles. The number of benzene rings is 2. The summed E-state index contributed by atoms with van der Waals surface area (Å²) in [6.07, 6.45) is 1.30. The SMILES string of the molecule is O=S(=O)(NC1CCN(Cc2ccc(F)cc2Cl)CC1)c1ccc(F)cc1. The molecule has 1 heterocycles. The van der Waals surface area contributed by atoms with Gasteiger partial charge in [-0.3, -0.25) is 4.90 Å². The highest BCUT2D eigenvalue weighted by Crippen LogP contribution is 2.22. The fourth-order valence-corrected chi connectivity index (χ4v) is 4.53. The summed E-state index contributed by atoms with van der Waals surface area (Å²) < 4.78 is 53.5. The number of piperidine rings is 1. The standard InChI is InChI=1S/C18H19ClF2N2O2S/c19-18-11-15(21)2-1-13(18)12-23-9-7-16(8-10-23)22-26(24,25)17-5-3-14(20)4-6-17/h1-6,11,16,22H,7-10,12H2. The van der Waals surface area contributed by atoms with Crippen molar-refractivity contribution in [1.82, 2.24) is 9.62 Å². The first-order chi connectivity index (χ1) is 12.3. The normalized spacial score (nSPS) is 16.7. The third-order valence-corrected chi connectivity index (χ3v) is 6.33. The van der Waals surface area contributed by atoms with Crippen LogP contribution < -0.4 is 4.72 Å². The van der Waals surface area contributed by atoms with Crippen molar-refractivity contribution in [3.8, 4) is 0 Å². The lowest BCUT2D eigenvalue weighted by atomic mass is 10.1. The number of hydrogen-bond donors (Lipinski definition) is 1. The molecule has 2 aromatic carbocycles. The van der Waals surface area contributed by atoms with Crippen LogP contribution in [0.5, 0.6) is 0 Å². The Bertz CT molecular complexity index is 867. The fourth-order valence-electron chi connectivity index (χ4n) is 3.00. The predicted molar refractivity (Wildman–Crippen MR) is 96.4 cm³/mol. The minimum absolute atomic E-state index is 0.0550. The maximum absolute atomic E-state index is 13.1. The molecule has 0 aliphatic carbocycles. The Hall–Kier alpha value is -1.54. The Balaban J connectivity index is 1.56. The van der Waals surface area contributed by atoms with Gasteiger partial charge < -0.3 is 0 Å². The Morgan fingerprint density at radius 2 is 1.65 bits per heavy atom. The van der Waals surface area contributed by atoms with Gasteiger partial charge in [0.2, 0.25) is 10.0 Å². The second-order valence-electron chi connectivity index (χ2n) is 6.36. The molecule has 3 rings (SSSR count). The van der Waals surface area contributed by atoms with Gasteiger partial charge in [0.05, 0.1) is 4.90 Å². The zero-order chi connectivity index (χ0) is 18.7. The number of halogens is 3. The van der Waals surface area contributed by atoms with Crippen molar-refractivity contribution in [3.05, 3.63) is 64.7 Å². The van der Waals surface area contributed by atoms with Gasteiger partial charge in [-0.25, -0.2) is 21.9 Å². The maximum Gasteiger partial charge on any atom is 0.240 e. The molecule has 0 bridgehead atoms. The largest absolute Gasteiger partial charge is 0.299 e. The van der Waals surface area contributed by atoms with E-state index >= 15 is 0 Å². The van der Waals surface area contributed by atoms with Crippen LogP contribution in [-0.2, 0) is 16.6 Å². The van der Waals surface area contributed by atoms with E-state index in [1.165, 1.54) is 24.3 Å². The van der Waals surface area contributed by atoms with Gasteiger partial charge in [-0.05, 0) is 54.8 Å². The Kier molecular flexibility index (Phi) is 5.92. The highest BCUT2D eigenvalue weighted by Gasteiger charge is 2.25. The van der Waals surface area contributed by atoms with E-state index in [1.807, 2.05) is 0 Å². The number of nitrogens with one attached hydrogen (secondary N) is 1. The molecule has 140 valence electrons. The van der Waals surface area contributed by atoms with E-state index in [-0.39, 0.29) is 16.8 Å². The molecule has 1 aliphatic rings. The number of sulfonamides is 1. The molecular weight excluding hydrogens is 382 g/mol. The monoisotopic (exact) mass is 400 g/mol. The average molecular weight is 401 g/mol. The molecule has 26 heavy (non-hydrogen) atoms. The van der Waals surface area contributed by atoms with Crippen molar-refractivity contribution >= 4 is 21.6 Å². The van der Waals surface area contributed by atoms with Gasteiger partial charge in [0, 0.05) is 30.7 Å². The first-order valence-corrected chi connectivity index (χ1v) is 10.1. The van der Waals surface area contributed by atoms with E-state index in [0.717, 1.165) is 17.7 Å². The lowest BCUT2D eigenvalue weighted by molar-refractivity contribution is 0.200. The lowest BCUT2D eigenvalue weighted by Gasteiger charge is -2.32. The molecule has 0 spiro atoms. The van der Waals surface area contributed by atoms with Crippen molar-refractivity contribution in [1.29, 1.82) is 0 Å². The summed E-state index contributed by atoms with van der Waals surface area (Å²) in [5.41, 5.74) is 0.846. The number of likely N-dealkylation sites (tertiary alicyclic amines) is 1. The van der Waals surface area contributed by atoms with E-state index in [4.69, 9.17) is 11.6 Å². The molecule has 1 saturated heterocycles. The van der Waals surface area contributed by atoms with Crippen LogP contribution >= 0.6 is 11.6 Å². The Morgan fingerprint density at radius 3 is 2.27 bits per heavy atom. The molecule has 1 N–H and O–H groups in total. The minimum atomic E-state index is -3.66. The average Bonchev–Trinajstić information content (AvgIpc) is 2.59. The van der Waals surface area contributed by atoms with Crippen molar-refractivity contribution in [3.63, 3.8) is 0 Å². The van der Waals surface area contributed by atoms with Crippen LogP contribution in [0.2, 0.25) is 5.02 Å². The van der Waals surface area contributed by atoms with Crippen LogP contribution in [0, 0.1) is 11.6 Å². The second kappa shape index (κ2) is 8.00.